The zero-order valence-electron chi connectivity index (χ0n) is 13.0. The summed E-state index contributed by atoms with van der Waals surface area (Å²) in [6.45, 7) is 4.15. The summed E-state index contributed by atoms with van der Waals surface area (Å²) >= 11 is 1.44. The third-order valence-corrected chi connectivity index (χ3v) is 4.29. The first kappa shape index (κ1) is 15.4. The number of amides is 1. The smallest absolute Gasteiger partial charge is 0.232 e. The van der Waals surface area contributed by atoms with Crippen molar-refractivity contribution in [2.45, 2.75) is 26.2 Å². The summed E-state index contributed by atoms with van der Waals surface area (Å²) in [4.78, 5) is 21.1. The van der Waals surface area contributed by atoms with Gasteiger partial charge in [0.05, 0.1) is 29.0 Å². The molecule has 0 aliphatic heterocycles. The van der Waals surface area contributed by atoms with Gasteiger partial charge in [-0.25, -0.2) is 4.98 Å². The van der Waals surface area contributed by atoms with Crippen molar-refractivity contribution in [1.82, 2.24) is 9.97 Å². The second-order valence-electron chi connectivity index (χ2n) is 5.68. The molecule has 0 bridgehead atoms. The largest absolute Gasteiger partial charge is 0.397 e. The summed E-state index contributed by atoms with van der Waals surface area (Å²) in [5.74, 6) is 0.220. The molecule has 0 aliphatic carbocycles. The van der Waals surface area contributed by atoms with Crippen molar-refractivity contribution in [1.29, 1.82) is 0 Å². The Balaban J connectivity index is 1.73. The van der Waals surface area contributed by atoms with E-state index in [9.17, 15) is 4.79 Å². The molecular formula is C17H18N4OS. The number of nitrogen functional groups attached to an aromatic ring is 1. The molecule has 2 heterocycles. The lowest BCUT2D eigenvalue weighted by atomic mass is 10.1. The Bertz CT molecular complexity index is 857. The van der Waals surface area contributed by atoms with Crippen LogP contribution >= 0.6 is 11.3 Å². The van der Waals surface area contributed by atoms with E-state index in [-0.39, 0.29) is 12.3 Å². The first-order valence-corrected chi connectivity index (χ1v) is 8.30. The molecule has 0 spiro atoms. The van der Waals surface area contributed by atoms with Crippen LogP contribution in [0.3, 0.4) is 0 Å². The van der Waals surface area contributed by atoms with Crippen LogP contribution in [0.4, 0.5) is 10.8 Å². The highest BCUT2D eigenvalue weighted by Gasteiger charge is 2.11. The van der Waals surface area contributed by atoms with Crippen molar-refractivity contribution in [3.8, 4) is 0 Å². The van der Waals surface area contributed by atoms with Gasteiger partial charge < -0.3 is 11.1 Å². The second-order valence-corrected chi connectivity index (χ2v) is 6.54. The molecule has 3 aromatic rings. The number of anilines is 2. The molecule has 3 N–H and O–H groups in total. The van der Waals surface area contributed by atoms with E-state index in [0.29, 0.717) is 22.4 Å². The van der Waals surface area contributed by atoms with Gasteiger partial charge in [-0.05, 0) is 18.1 Å². The van der Waals surface area contributed by atoms with E-state index in [2.05, 4.69) is 29.1 Å². The van der Waals surface area contributed by atoms with E-state index in [4.69, 9.17) is 5.73 Å². The lowest BCUT2D eigenvalue weighted by molar-refractivity contribution is -0.115. The van der Waals surface area contributed by atoms with Crippen LogP contribution in [-0.4, -0.2) is 15.9 Å². The molecular weight excluding hydrogens is 308 g/mol. The van der Waals surface area contributed by atoms with Crippen LogP contribution in [0, 0.1) is 0 Å². The van der Waals surface area contributed by atoms with E-state index in [1.165, 1.54) is 11.3 Å². The second kappa shape index (κ2) is 6.34. The number of benzene rings is 1. The molecule has 3 rings (SSSR count). The van der Waals surface area contributed by atoms with Gasteiger partial charge in [0.15, 0.2) is 5.13 Å². The molecule has 0 aliphatic rings. The van der Waals surface area contributed by atoms with Crippen molar-refractivity contribution >= 4 is 39.0 Å². The predicted molar refractivity (Wildman–Crippen MR) is 94.7 cm³/mol. The number of pyridine rings is 1. The number of aromatic nitrogens is 2. The number of nitrogens with two attached hydrogens (primary N) is 1. The predicted octanol–water partition coefficient (Wildman–Crippen LogP) is 3.58. The monoisotopic (exact) mass is 326 g/mol. The summed E-state index contributed by atoms with van der Waals surface area (Å²) in [6.07, 6.45) is 0.195. The van der Waals surface area contributed by atoms with Crippen LogP contribution in [0.25, 0.3) is 10.9 Å². The Morgan fingerprint density at radius 2 is 2.09 bits per heavy atom. The van der Waals surface area contributed by atoms with Gasteiger partial charge in [-0.15, -0.1) is 11.3 Å². The summed E-state index contributed by atoms with van der Waals surface area (Å²) in [5.41, 5.74) is 8.96. The normalized spacial score (nSPS) is 11.1. The number of para-hydroxylation sites is 1. The molecule has 118 valence electrons. The fraction of sp³-hybridized carbons (Fsp3) is 0.235. The van der Waals surface area contributed by atoms with Gasteiger partial charge in [-0.3, -0.25) is 9.78 Å². The summed E-state index contributed by atoms with van der Waals surface area (Å²) in [5, 5.41) is 6.39. The lowest BCUT2D eigenvalue weighted by Crippen LogP contribution is -2.15. The minimum absolute atomic E-state index is 0.129. The number of carbonyl (C=O) groups is 1. The van der Waals surface area contributed by atoms with Crippen molar-refractivity contribution in [2.24, 2.45) is 0 Å². The van der Waals surface area contributed by atoms with Gasteiger partial charge in [-0.2, -0.15) is 0 Å². The molecule has 0 saturated carbocycles. The summed E-state index contributed by atoms with van der Waals surface area (Å²) in [7, 11) is 0. The quantitative estimate of drug-likeness (QED) is 0.718. The molecule has 0 unspecified atom stereocenters. The van der Waals surface area contributed by atoms with Crippen LogP contribution in [0.5, 0.6) is 0 Å². The molecule has 0 saturated heterocycles. The number of nitrogens with one attached hydrogen (secondary N) is 1. The maximum absolute atomic E-state index is 12.2. The van der Waals surface area contributed by atoms with Crippen LogP contribution in [-0.2, 0) is 11.2 Å². The maximum Gasteiger partial charge on any atom is 0.232 e. The fourth-order valence-corrected chi connectivity index (χ4v) is 3.13. The fourth-order valence-electron chi connectivity index (χ4n) is 2.25. The Morgan fingerprint density at radius 3 is 2.83 bits per heavy atom. The number of nitrogens with zero attached hydrogens (tertiary/aromatic N) is 2. The number of fused-ring (bicyclic) bond motifs is 1. The summed E-state index contributed by atoms with van der Waals surface area (Å²) < 4.78 is 0. The number of carbonyl (C=O) groups excluding carboxylic acids is 1. The van der Waals surface area contributed by atoms with Crippen LogP contribution in [0.15, 0.2) is 35.7 Å². The van der Waals surface area contributed by atoms with Crippen molar-refractivity contribution < 1.29 is 4.79 Å². The Morgan fingerprint density at radius 1 is 1.26 bits per heavy atom. The zero-order chi connectivity index (χ0) is 16.4. The molecule has 0 atom stereocenters. The Labute approximate surface area is 138 Å². The van der Waals surface area contributed by atoms with E-state index < -0.39 is 0 Å². The first-order valence-electron chi connectivity index (χ1n) is 7.42. The topological polar surface area (TPSA) is 80.9 Å². The first-order chi connectivity index (χ1) is 11.0. The average Bonchev–Trinajstić information content (AvgIpc) is 2.97. The third kappa shape index (κ3) is 3.48. The van der Waals surface area contributed by atoms with E-state index in [0.717, 1.165) is 16.6 Å². The van der Waals surface area contributed by atoms with E-state index in [1.807, 2.05) is 35.7 Å². The molecule has 0 radical (unpaired) electrons. The van der Waals surface area contributed by atoms with E-state index >= 15 is 0 Å². The van der Waals surface area contributed by atoms with Gasteiger partial charge in [0.1, 0.15) is 0 Å². The zero-order valence-corrected chi connectivity index (χ0v) is 13.9. The molecule has 1 aromatic carbocycles. The van der Waals surface area contributed by atoms with Gasteiger partial charge in [0, 0.05) is 10.8 Å². The molecule has 23 heavy (non-hydrogen) atoms. The molecule has 6 heteroatoms. The SMILES string of the molecule is CC(C)c1csc(NC(=O)Cc2ccc3cccc(N)c3n2)n1. The highest BCUT2D eigenvalue weighted by atomic mass is 32.1. The van der Waals surface area contributed by atoms with E-state index in [1.54, 1.807) is 0 Å². The van der Waals surface area contributed by atoms with Gasteiger partial charge >= 0.3 is 0 Å². The van der Waals surface area contributed by atoms with Crippen LogP contribution in [0.1, 0.15) is 31.2 Å². The summed E-state index contributed by atoms with van der Waals surface area (Å²) in [6, 6.07) is 9.43. The molecule has 0 fully saturated rings. The molecule has 1 amide bonds. The van der Waals surface area contributed by atoms with Gasteiger partial charge in [0.2, 0.25) is 5.91 Å². The number of hydrogen-bond donors (Lipinski definition) is 2. The van der Waals surface area contributed by atoms with Crippen molar-refractivity contribution in [3.63, 3.8) is 0 Å². The standard InChI is InChI=1S/C17H18N4OS/c1-10(2)14-9-23-17(20-14)21-15(22)8-12-7-6-11-4-3-5-13(18)16(11)19-12/h3-7,9-10H,8,18H2,1-2H3,(H,20,21,22). The Hall–Kier alpha value is -2.47. The number of rotatable bonds is 4. The minimum atomic E-state index is -0.129. The minimum Gasteiger partial charge on any atom is -0.397 e. The number of thiazole rings is 1. The van der Waals surface area contributed by atoms with Crippen LogP contribution < -0.4 is 11.1 Å². The van der Waals surface area contributed by atoms with Crippen molar-refractivity contribution in [2.75, 3.05) is 11.1 Å². The maximum atomic E-state index is 12.2. The lowest BCUT2D eigenvalue weighted by Gasteiger charge is -2.05. The van der Waals surface area contributed by atoms with Crippen LogP contribution in [0.2, 0.25) is 0 Å². The number of hydrogen-bond acceptors (Lipinski definition) is 5. The Kier molecular flexibility index (Phi) is 4.25. The molecule has 2 aromatic heterocycles. The third-order valence-electron chi connectivity index (χ3n) is 3.51. The van der Waals surface area contributed by atoms with Gasteiger partial charge in [-0.1, -0.05) is 32.0 Å². The van der Waals surface area contributed by atoms with Gasteiger partial charge in [0.25, 0.3) is 0 Å². The molecule has 5 nitrogen and oxygen atoms in total. The highest BCUT2D eigenvalue weighted by molar-refractivity contribution is 7.13. The van der Waals surface area contributed by atoms with Crippen molar-refractivity contribution in [3.05, 3.63) is 47.1 Å². The average molecular weight is 326 g/mol. The highest BCUT2D eigenvalue weighted by Crippen LogP contribution is 2.22.